The lowest BCUT2D eigenvalue weighted by atomic mass is 9.99. The molecule has 0 aliphatic carbocycles. The number of aliphatic carboxylic acids is 1. The number of nitrogens with zero attached hydrogens (tertiary/aromatic N) is 3. The highest BCUT2D eigenvalue weighted by atomic mass is 16.6. The van der Waals surface area contributed by atoms with Crippen LogP contribution in [0.3, 0.4) is 0 Å². The maximum atomic E-state index is 13.1. The second-order valence-electron chi connectivity index (χ2n) is 11.1. The van der Waals surface area contributed by atoms with Crippen LogP contribution in [0.1, 0.15) is 61.3 Å². The van der Waals surface area contributed by atoms with Crippen LogP contribution >= 0.6 is 0 Å². The number of hydrogen-bond acceptors (Lipinski definition) is 8. The molecule has 0 bridgehead atoms. The van der Waals surface area contributed by atoms with Gasteiger partial charge in [-0.3, -0.25) is 29.3 Å². The Morgan fingerprint density at radius 1 is 0.864 bits per heavy atom. The Balaban J connectivity index is 1.95. The van der Waals surface area contributed by atoms with Crippen LogP contribution in [-0.2, 0) is 14.4 Å². The van der Waals surface area contributed by atoms with Gasteiger partial charge >= 0.3 is 5.97 Å². The molecule has 0 aliphatic rings. The largest absolute Gasteiger partial charge is 0.497 e. The molecule has 0 unspecified atom stereocenters. The van der Waals surface area contributed by atoms with Crippen molar-refractivity contribution in [1.82, 2.24) is 20.4 Å². The van der Waals surface area contributed by atoms with E-state index in [4.69, 9.17) is 4.74 Å². The molecular weight excluding hydrogens is 574 g/mol. The summed E-state index contributed by atoms with van der Waals surface area (Å²) < 4.78 is 5.10. The predicted molar refractivity (Wildman–Crippen MR) is 160 cm³/mol. The van der Waals surface area contributed by atoms with Crippen LogP contribution in [0, 0.1) is 10.1 Å². The van der Waals surface area contributed by atoms with Crippen molar-refractivity contribution in [3.05, 3.63) is 69.8 Å². The van der Waals surface area contributed by atoms with Gasteiger partial charge in [0.1, 0.15) is 22.9 Å². The van der Waals surface area contributed by atoms with Crippen molar-refractivity contribution in [2.75, 3.05) is 27.7 Å². The predicted octanol–water partition coefficient (Wildman–Crippen LogP) is 2.47. The smallest absolute Gasteiger partial charge is 0.326 e. The van der Waals surface area contributed by atoms with E-state index in [0.717, 1.165) is 0 Å². The number of amides is 4. The third kappa shape index (κ3) is 8.30. The number of benzene rings is 2. The van der Waals surface area contributed by atoms with Gasteiger partial charge in [0.15, 0.2) is 0 Å². The number of non-ortho nitro benzene ring substituents is 1. The second-order valence-corrected chi connectivity index (χ2v) is 11.1. The second kappa shape index (κ2) is 14.4. The first kappa shape index (κ1) is 35.2. The lowest BCUT2D eigenvalue weighted by Crippen LogP contribution is -2.58. The zero-order valence-corrected chi connectivity index (χ0v) is 25.9. The van der Waals surface area contributed by atoms with Gasteiger partial charge in [0, 0.05) is 43.9 Å². The summed E-state index contributed by atoms with van der Waals surface area (Å²) in [6.07, 6.45) is 0.158. The third-order valence-corrected chi connectivity index (χ3v) is 7.62. The molecule has 0 radical (unpaired) electrons. The van der Waals surface area contributed by atoms with Gasteiger partial charge in [0.05, 0.1) is 12.0 Å². The number of methoxy groups -OCH3 is 1. The van der Waals surface area contributed by atoms with Gasteiger partial charge in [-0.2, -0.15) is 0 Å². The molecule has 44 heavy (non-hydrogen) atoms. The molecule has 238 valence electrons. The van der Waals surface area contributed by atoms with Crippen LogP contribution in [0.25, 0.3) is 0 Å². The summed E-state index contributed by atoms with van der Waals surface area (Å²) >= 11 is 0. The molecule has 14 nitrogen and oxygen atoms in total. The average molecular weight is 614 g/mol. The van der Waals surface area contributed by atoms with Gasteiger partial charge in [-0.15, -0.1) is 0 Å². The van der Waals surface area contributed by atoms with Crippen LogP contribution in [0.2, 0.25) is 0 Å². The zero-order valence-electron chi connectivity index (χ0n) is 25.9. The number of carboxylic acids is 1. The molecule has 14 heteroatoms. The summed E-state index contributed by atoms with van der Waals surface area (Å²) in [5.41, 5.74) is -2.40. The maximum Gasteiger partial charge on any atom is 0.326 e. The average Bonchev–Trinajstić information content (AvgIpc) is 3.00. The number of carboxylic acid groups (broad SMARTS) is 1. The monoisotopic (exact) mass is 613 g/mol. The number of likely N-dealkylation sites (N-methyl/N-ethyl adjacent to an activating group) is 2. The summed E-state index contributed by atoms with van der Waals surface area (Å²) in [7, 11) is 4.37. The molecule has 0 heterocycles. The first-order chi connectivity index (χ1) is 20.4. The topological polar surface area (TPSA) is 188 Å². The molecular formula is C30H39N5O9. The number of ether oxygens (including phenoxy) is 1. The van der Waals surface area contributed by atoms with Gasteiger partial charge in [-0.1, -0.05) is 0 Å². The fraction of sp³-hybridized carbons (Fsp3) is 0.433. The van der Waals surface area contributed by atoms with Crippen LogP contribution in [0.5, 0.6) is 5.75 Å². The summed E-state index contributed by atoms with van der Waals surface area (Å²) in [4.78, 5) is 76.5. The van der Waals surface area contributed by atoms with Crippen LogP contribution in [-0.4, -0.2) is 94.3 Å². The Hall–Kier alpha value is -5.01. The van der Waals surface area contributed by atoms with E-state index in [1.165, 1.54) is 83.0 Å². The summed E-state index contributed by atoms with van der Waals surface area (Å²) in [6.45, 7) is 6.11. The van der Waals surface area contributed by atoms with Crippen molar-refractivity contribution in [2.45, 2.75) is 57.7 Å². The standard InChI is InChI=1S/C30H39N5O9/c1-29(2,33(5)24(36)19-10-14-21(15-11-19)35(42)43)27(40)31-18-8-9-23(26(38)39)32-28(41)30(3,4)34(6)25(37)20-12-16-22(44-7)17-13-20/h10-17,23H,8-9,18H2,1-7H3,(H,31,40)(H,32,41)(H,38,39)/t23-/m0/s1. The van der Waals surface area contributed by atoms with Crippen LogP contribution < -0.4 is 15.4 Å². The van der Waals surface area contributed by atoms with E-state index < -0.39 is 51.6 Å². The van der Waals surface area contributed by atoms with E-state index in [-0.39, 0.29) is 30.6 Å². The van der Waals surface area contributed by atoms with Crippen molar-refractivity contribution in [2.24, 2.45) is 0 Å². The number of rotatable bonds is 14. The van der Waals surface area contributed by atoms with E-state index >= 15 is 0 Å². The minimum absolute atomic E-state index is 0.0223. The molecule has 0 saturated heterocycles. The fourth-order valence-corrected chi connectivity index (χ4v) is 3.98. The molecule has 0 aliphatic heterocycles. The van der Waals surface area contributed by atoms with Crippen molar-refractivity contribution < 1.29 is 38.7 Å². The molecule has 0 aromatic heterocycles. The zero-order chi connectivity index (χ0) is 33.4. The quantitative estimate of drug-likeness (QED) is 0.163. The number of nitro groups is 1. The molecule has 2 aromatic rings. The molecule has 1 atom stereocenters. The summed E-state index contributed by atoms with van der Waals surface area (Å²) in [5, 5.41) is 25.7. The molecule has 2 rings (SSSR count). The van der Waals surface area contributed by atoms with E-state index in [1.54, 1.807) is 24.3 Å². The Morgan fingerprint density at radius 3 is 1.75 bits per heavy atom. The maximum absolute atomic E-state index is 13.1. The van der Waals surface area contributed by atoms with E-state index in [2.05, 4.69) is 10.6 Å². The minimum atomic E-state index is -1.40. The van der Waals surface area contributed by atoms with Gasteiger partial charge in [-0.25, -0.2) is 4.79 Å². The molecule has 0 saturated carbocycles. The highest BCUT2D eigenvalue weighted by Gasteiger charge is 2.38. The molecule has 0 fully saturated rings. The number of hydrogen-bond donors (Lipinski definition) is 3. The SMILES string of the molecule is COc1ccc(C(=O)N(C)C(C)(C)C(=O)N[C@@H](CCCNC(=O)C(C)(C)N(C)C(=O)c2ccc([N+](=O)[O-])cc2)C(=O)O)cc1. The van der Waals surface area contributed by atoms with Gasteiger partial charge < -0.3 is 30.3 Å². The molecule has 3 N–H and O–H groups in total. The number of nitrogens with one attached hydrogen (secondary N) is 2. The van der Waals surface area contributed by atoms with Crippen molar-refractivity contribution in [3.63, 3.8) is 0 Å². The molecule has 0 spiro atoms. The van der Waals surface area contributed by atoms with E-state index in [1.807, 2.05) is 0 Å². The Morgan fingerprint density at radius 2 is 1.32 bits per heavy atom. The Bertz CT molecular complexity index is 1390. The molecule has 2 aromatic carbocycles. The highest BCUT2D eigenvalue weighted by Crippen LogP contribution is 2.21. The first-order valence-corrected chi connectivity index (χ1v) is 13.7. The fourth-order valence-electron chi connectivity index (χ4n) is 3.98. The Kier molecular flexibility index (Phi) is 11.6. The van der Waals surface area contributed by atoms with E-state index in [9.17, 15) is 39.2 Å². The summed E-state index contributed by atoms with van der Waals surface area (Å²) in [6, 6.07) is 10.1. The van der Waals surface area contributed by atoms with E-state index in [0.29, 0.717) is 11.3 Å². The minimum Gasteiger partial charge on any atom is -0.497 e. The lowest BCUT2D eigenvalue weighted by Gasteiger charge is -2.35. The van der Waals surface area contributed by atoms with Crippen LogP contribution in [0.15, 0.2) is 48.5 Å². The third-order valence-electron chi connectivity index (χ3n) is 7.62. The Labute approximate surface area is 255 Å². The van der Waals surface area contributed by atoms with Gasteiger partial charge in [0.2, 0.25) is 11.8 Å². The first-order valence-electron chi connectivity index (χ1n) is 13.7. The normalized spacial score (nSPS) is 12.0. The van der Waals surface area contributed by atoms with Gasteiger partial charge in [0.25, 0.3) is 17.5 Å². The lowest BCUT2D eigenvalue weighted by molar-refractivity contribution is -0.384. The van der Waals surface area contributed by atoms with Crippen molar-refractivity contribution in [3.8, 4) is 5.75 Å². The number of carbonyl (C=O) groups is 5. The van der Waals surface area contributed by atoms with Crippen molar-refractivity contribution >= 4 is 35.3 Å². The highest BCUT2D eigenvalue weighted by molar-refractivity contribution is 6.00. The number of carbonyl (C=O) groups excluding carboxylic acids is 4. The summed E-state index contributed by atoms with van der Waals surface area (Å²) in [5.74, 6) is -2.86. The van der Waals surface area contributed by atoms with Crippen LogP contribution in [0.4, 0.5) is 5.69 Å². The molecule has 4 amide bonds. The number of nitro benzene ring substituents is 1. The van der Waals surface area contributed by atoms with Crippen molar-refractivity contribution in [1.29, 1.82) is 0 Å². The van der Waals surface area contributed by atoms with Gasteiger partial charge in [-0.05, 0) is 76.9 Å².